The van der Waals surface area contributed by atoms with Gasteiger partial charge in [-0.3, -0.25) is 0 Å². The second-order valence-electron chi connectivity index (χ2n) is 2.98. The van der Waals surface area contributed by atoms with Gasteiger partial charge in [0.05, 0.1) is 6.54 Å². The third kappa shape index (κ3) is 3.83. The van der Waals surface area contributed by atoms with Gasteiger partial charge in [-0.05, 0) is 12.7 Å². The maximum atomic E-state index is 4.16. The van der Waals surface area contributed by atoms with Gasteiger partial charge in [-0.15, -0.1) is 0 Å². The lowest BCUT2D eigenvalue weighted by atomic mass is 10.2. The van der Waals surface area contributed by atoms with E-state index >= 15 is 0 Å². The van der Waals surface area contributed by atoms with Gasteiger partial charge >= 0.3 is 0 Å². The van der Waals surface area contributed by atoms with Gasteiger partial charge < -0.3 is 10.3 Å². The summed E-state index contributed by atoms with van der Waals surface area (Å²) in [5.41, 5.74) is 0. The number of hydrogen-bond donors (Lipinski definition) is 2. The van der Waals surface area contributed by atoms with Crippen LogP contribution in [-0.4, -0.2) is 28.0 Å². The van der Waals surface area contributed by atoms with E-state index in [2.05, 4.69) is 28.5 Å². The van der Waals surface area contributed by atoms with Crippen LogP contribution >= 0.6 is 11.8 Å². The molecule has 1 aromatic rings. The Kier molecular flexibility index (Phi) is 4.93. The number of nitrogens with one attached hydrogen (secondary N) is 2. The van der Waals surface area contributed by atoms with Crippen LogP contribution in [-0.2, 0) is 6.54 Å². The van der Waals surface area contributed by atoms with Crippen LogP contribution in [0, 0.1) is 0 Å². The fourth-order valence-electron chi connectivity index (χ4n) is 1.16. The number of hydrogen-bond acceptors (Lipinski definition) is 3. The molecule has 0 aliphatic heterocycles. The summed E-state index contributed by atoms with van der Waals surface area (Å²) < 4.78 is 0. The zero-order valence-electron chi connectivity index (χ0n) is 8.21. The molecule has 1 aromatic heterocycles. The molecule has 74 valence electrons. The highest BCUT2D eigenvalue weighted by atomic mass is 32.2. The second kappa shape index (κ2) is 6.05. The summed E-state index contributed by atoms with van der Waals surface area (Å²) in [5, 5.41) is 3.46. The standard InChI is InChI=1S/C9H17N3S/c1-3-8(7-13-2)12-6-9-10-4-5-11-9/h4-5,8,12H,3,6-7H2,1-2H3,(H,10,11). The number of imidazole rings is 1. The first kappa shape index (κ1) is 10.6. The third-order valence-electron chi connectivity index (χ3n) is 1.97. The van der Waals surface area contributed by atoms with Crippen LogP contribution in [0.1, 0.15) is 19.2 Å². The van der Waals surface area contributed by atoms with E-state index in [9.17, 15) is 0 Å². The fraction of sp³-hybridized carbons (Fsp3) is 0.667. The molecule has 0 amide bonds. The molecule has 1 unspecified atom stereocenters. The van der Waals surface area contributed by atoms with Crippen molar-refractivity contribution in [3.05, 3.63) is 18.2 Å². The molecule has 0 bridgehead atoms. The van der Waals surface area contributed by atoms with Crippen molar-refractivity contribution in [2.75, 3.05) is 12.0 Å². The summed E-state index contributed by atoms with van der Waals surface area (Å²) in [4.78, 5) is 7.24. The minimum atomic E-state index is 0.597. The van der Waals surface area contributed by atoms with Crippen LogP contribution in [0.2, 0.25) is 0 Å². The highest BCUT2D eigenvalue weighted by Gasteiger charge is 2.04. The SMILES string of the molecule is CCC(CSC)NCc1ncc[nH]1. The van der Waals surface area contributed by atoms with Gasteiger partial charge in [-0.2, -0.15) is 11.8 Å². The number of aromatic nitrogens is 2. The maximum Gasteiger partial charge on any atom is 0.120 e. The molecule has 0 aromatic carbocycles. The van der Waals surface area contributed by atoms with Gasteiger partial charge in [0.2, 0.25) is 0 Å². The summed E-state index contributed by atoms with van der Waals surface area (Å²) in [6, 6.07) is 0.597. The zero-order valence-corrected chi connectivity index (χ0v) is 9.03. The Morgan fingerprint density at radius 2 is 2.54 bits per heavy atom. The predicted molar refractivity (Wildman–Crippen MR) is 57.9 cm³/mol. The molecular formula is C9H17N3S. The quantitative estimate of drug-likeness (QED) is 0.732. The summed E-state index contributed by atoms with van der Waals surface area (Å²) in [6.07, 6.45) is 6.94. The van der Waals surface area contributed by atoms with E-state index in [4.69, 9.17) is 0 Å². The van der Waals surface area contributed by atoms with Gasteiger partial charge in [0.1, 0.15) is 5.82 Å². The summed E-state index contributed by atoms with van der Waals surface area (Å²) in [6.45, 7) is 3.04. The Morgan fingerprint density at radius 1 is 1.69 bits per heavy atom. The number of rotatable bonds is 6. The monoisotopic (exact) mass is 199 g/mol. The van der Waals surface area contributed by atoms with Crippen molar-refractivity contribution in [3.8, 4) is 0 Å². The molecule has 1 atom stereocenters. The van der Waals surface area contributed by atoms with Crippen LogP contribution in [0.4, 0.5) is 0 Å². The van der Waals surface area contributed by atoms with Crippen LogP contribution in [0.5, 0.6) is 0 Å². The normalized spacial score (nSPS) is 13.1. The Hall–Kier alpha value is -0.480. The van der Waals surface area contributed by atoms with Gasteiger partial charge in [0.25, 0.3) is 0 Å². The van der Waals surface area contributed by atoms with E-state index in [0.717, 1.165) is 18.1 Å². The lowest BCUT2D eigenvalue weighted by Gasteiger charge is -2.14. The van der Waals surface area contributed by atoms with E-state index in [0.29, 0.717) is 6.04 Å². The number of nitrogens with zero attached hydrogens (tertiary/aromatic N) is 1. The largest absolute Gasteiger partial charge is 0.348 e. The van der Waals surface area contributed by atoms with Gasteiger partial charge in [-0.25, -0.2) is 4.98 Å². The Balaban J connectivity index is 2.23. The van der Waals surface area contributed by atoms with Crippen molar-refractivity contribution in [2.24, 2.45) is 0 Å². The first-order chi connectivity index (χ1) is 6.36. The Bertz CT molecular complexity index is 211. The summed E-state index contributed by atoms with van der Waals surface area (Å²) >= 11 is 1.88. The van der Waals surface area contributed by atoms with E-state index in [1.165, 1.54) is 6.42 Å². The maximum absolute atomic E-state index is 4.16. The molecule has 0 aliphatic carbocycles. The Labute approximate surface area is 83.7 Å². The summed E-state index contributed by atoms with van der Waals surface area (Å²) in [5.74, 6) is 2.18. The average Bonchev–Trinajstić information content (AvgIpc) is 2.64. The van der Waals surface area contributed by atoms with E-state index < -0.39 is 0 Å². The molecule has 2 N–H and O–H groups in total. The van der Waals surface area contributed by atoms with Crippen LogP contribution < -0.4 is 5.32 Å². The Morgan fingerprint density at radius 3 is 3.08 bits per heavy atom. The number of H-pyrrole nitrogens is 1. The van der Waals surface area contributed by atoms with Crippen molar-refractivity contribution in [2.45, 2.75) is 25.9 Å². The number of aromatic amines is 1. The van der Waals surface area contributed by atoms with E-state index in [1.54, 1.807) is 6.20 Å². The van der Waals surface area contributed by atoms with Gasteiger partial charge in [0, 0.05) is 24.2 Å². The van der Waals surface area contributed by atoms with E-state index in [-0.39, 0.29) is 0 Å². The van der Waals surface area contributed by atoms with E-state index in [1.807, 2.05) is 18.0 Å². The average molecular weight is 199 g/mol. The molecule has 4 heteroatoms. The minimum Gasteiger partial charge on any atom is -0.348 e. The topological polar surface area (TPSA) is 40.7 Å². The van der Waals surface area contributed by atoms with Crippen molar-refractivity contribution < 1.29 is 0 Å². The van der Waals surface area contributed by atoms with Gasteiger partial charge in [-0.1, -0.05) is 6.92 Å². The first-order valence-electron chi connectivity index (χ1n) is 4.57. The van der Waals surface area contributed by atoms with Crippen LogP contribution in [0.15, 0.2) is 12.4 Å². The van der Waals surface area contributed by atoms with Crippen molar-refractivity contribution in [1.29, 1.82) is 0 Å². The first-order valence-corrected chi connectivity index (χ1v) is 5.96. The third-order valence-corrected chi connectivity index (χ3v) is 2.71. The highest BCUT2D eigenvalue weighted by Crippen LogP contribution is 2.01. The minimum absolute atomic E-state index is 0.597. The van der Waals surface area contributed by atoms with Gasteiger partial charge in [0.15, 0.2) is 0 Å². The molecule has 0 radical (unpaired) electrons. The number of thioether (sulfide) groups is 1. The second-order valence-corrected chi connectivity index (χ2v) is 3.89. The smallest absolute Gasteiger partial charge is 0.120 e. The lowest BCUT2D eigenvalue weighted by molar-refractivity contribution is 0.531. The predicted octanol–water partition coefficient (Wildman–Crippen LogP) is 1.64. The summed E-state index contributed by atoms with van der Waals surface area (Å²) in [7, 11) is 0. The highest BCUT2D eigenvalue weighted by molar-refractivity contribution is 7.98. The molecule has 0 fully saturated rings. The molecule has 1 rings (SSSR count). The molecule has 0 aliphatic rings. The van der Waals surface area contributed by atoms with Crippen molar-refractivity contribution in [3.63, 3.8) is 0 Å². The molecule has 1 heterocycles. The molecule has 0 saturated heterocycles. The zero-order chi connectivity index (χ0) is 9.52. The van der Waals surface area contributed by atoms with Crippen LogP contribution in [0.25, 0.3) is 0 Å². The fourth-order valence-corrected chi connectivity index (χ4v) is 1.91. The molecular weight excluding hydrogens is 182 g/mol. The van der Waals surface area contributed by atoms with Crippen LogP contribution in [0.3, 0.4) is 0 Å². The lowest BCUT2D eigenvalue weighted by Crippen LogP contribution is -2.30. The molecule has 0 saturated carbocycles. The molecule has 3 nitrogen and oxygen atoms in total. The van der Waals surface area contributed by atoms with Crippen molar-refractivity contribution >= 4 is 11.8 Å². The molecule has 0 spiro atoms. The molecule has 13 heavy (non-hydrogen) atoms. The van der Waals surface area contributed by atoms with Crippen molar-refractivity contribution in [1.82, 2.24) is 15.3 Å².